The molecule has 7 heteroatoms. The Morgan fingerprint density at radius 3 is 1.28 bits per heavy atom. The van der Waals surface area contributed by atoms with E-state index in [2.05, 4.69) is 0 Å². The van der Waals surface area contributed by atoms with Crippen molar-refractivity contribution in [3.8, 4) is 0 Å². The predicted octanol–water partition coefficient (Wildman–Crippen LogP) is 6.96. The molecular weight excluding hydrogens is 496 g/mol. The van der Waals surface area contributed by atoms with Crippen LogP contribution in [0.25, 0.3) is 43.1 Å². The lowest BCUT2D eigenvalue weighted by Gasteiger charge is -2.24. The fourth-order valence-corrected chi connectivity index (χ4v) is 5.43. The fourth-order valence-electron chi connectivity index (χ4n) is 5.43. The van der Waals surface area contributed by atoms with Gasteiger partial charge in [-0.1, -0.05) is 24.3 Å². The highest BCUT2D eigenvalue weighted by Gasteiger charge is 2.31. The van der Waals surface area contributed by atoms with E-state index in [4.69, 9.17) is 14.2 Å². The number of hydrogen-bond acceptors (Lipinski definition) is 7. The molecule has 0 spiro atoms. The SMILES string of the molecule is CC(C)(C)OC(=O)c1ccc2c3ccc4c5c(ccc(c6ccc(C(=O)OC(C)(C)C)c1c26)c53)C(=O)OC4=O. The minimum absolute atomic E-state index is 0.249. The Kier molecular flexibility index (Phi) is 5.08. The highest BCUT2D eigenvalue weighted by molar-refractivity contribution is 6.39. The Morgan fingerprint density at radius 1 is 0.538 bits per heavy atom. The number of carbonyl (C=O) groups is 4. The minimum Gasteiger partial charge on any atom is -0.456 e. The van der Waals surface area contributed by atoms with E-state index in [0.717, 1.165) is 26.9 Å². The Bertz CT molecular complexity index is 1790. The second-order valence-corrected chi connectivity index (χ2v) is 11.8. The number of esters is 4. The second-order valence-electron chi connectivity index (χ2n) is 11.8. The van der Waals surface area contributed by atoms with E-state index >= 15 is 0 Å². The molecule has 0 fully saturated rings. The van der Waals surface area contributed by atoms with Gasteiger partial charge in [-0.2, -0.15) is 0 Å². The molecule has 1 aliphatic heterocycles. The molecule has 0 amide bonds. The number of ether oxygens (including phenoxy) is 3. The van der Waals surface area contributed by atoms with Crippen LogP contribution in [0.15, 0.2) is 48.5 Å². The van der Waals surface area contributed by atoms with Crippen molar-refractivity contribution in [2.75, 3.05) is 0 Å². The lowest BCUT2D eigenvalue weighted by molar-refractivity contribution is 0.00670. The maximum Gasteiger partial charge on any atom is 0.346 e. The lowest BCUT2D eigenvalue weighted by Crippen LogP contribution is -2.25. The number of fused-ring (bicyclic) bond motifs is 2. The van der Waals surface area contributed by atoms with Gasteiger partial charge in [0.15, 0.2) is 0 Å². The van der Waals surface area contributed by atoms with Crippen LogP contribution in [-0.2, 0) is 14.2 Å². The van der Waals surface area contributed by atoms with Crippen molar-refractivity contribution in [1.29, 1.82) is 0 Å². The number of hydrogen-bond donors (Lipinski definition) is 0. The molecule has 0 unspecified atom stereocenters. The van der Waals surface area contributed by atoms with Gasteiger partial charge in [-0.25, -0.2) is 19.2 Å². The molecule has 1 aliphatic rings. The molecule has 0 aliphatic carbocycles. The molecule has 0 saturated carbocycles. The van der Waals surface area contributed by atoms with Crippen LogP contribution in [0.4, 0.5) is 0 Å². The summed E-state index contributed by atoms with van der Waals surface area (Å²) < 4.78 is 16.4. The van der Waals surface area contributed by atoms with Crippen molar-refractivity contribution < 1.29 is 33.4 Å². The van der Waals surface area contributed by atoms with Gasteiger partial charge < -0.3 is 14.2 Å². The van der Waals surface area contributed by atoms with Gasteiger partial charge in [-0.05, 0) is 98.1 Å². The standard InChI is InChI=1S/C32H26O7/c1-31(2,3)38-29(35)21-13-9-17-15-7-11-19-25-20(28(34)37-27(19)33)12-8-16(23(15)25)18-10-14-22(26(21)24(17)18)30(36)39-32(4,5)6/h7-14H,1-6H3. The monoisotopic (exact) mass is 522 g/mol. The zero-order valence-electron chi connectivity index (χ0n) is 22.5. The van der Waals surface area contributed by atoms with Crippen LogP contribution >= 0.6 is 0 Å². The lowest BCUT2D eigenvalue weighted by atomic mass is 9.84. The third-order valence-corrected chi connectivity index (χ3v) is 6.76. The topological polar surface area (TPSA) is 96.0 Å². The zero-order chi connectivity index (χ0) is 28.0. The maximum absolute atomic E-state index is 13.4. The molecule has 196 valence electrons. The van der Waals surface area contributed by atoms with E-state index in [-0.39, 0.29) is 11.1 Å². The van der Waals surface area contributed by atoms with E-state index in [9.17, 15) is 19.2 Å². The van der Waals surface area contributed by atoms with Gasteiger partial charge in [0.2, 0.25) is 0 Å². The van der Waals surface area contributed by atoms with Crippen LogP contribution in [-0.4, -0.2) is 35.1 Å². The molecule has 5 aromatic carbocycles. The molecule has 39 heavy (non-hydrogen) atoms. The normalized spacial score (nSPS) is 13.9. The molecule has 0 saturated heterocycles. The van der Waals surface area contributed by atoms with Gasteiger partial charge in [-0.15, -0.1) is 0 Å². The van der Waals surface area contributed by atoms with Gasteiger partial charge in [-0.3, -0.25) is 0 Å². The summed E-state index contributed by atoms with van der Waals surface area (Å²) in [7, 11) is 0. The highest BCUT2D eigenvalue weighted by Crippen LogP contribution is 2.45. The number of carbonyl (C=O) groups excluding carboxylic acids is 4. The average molecular weight is 523 g/mol. The van der Waals surface area contributed by atoms with Crippen LogP contribution < -0.4 is 0 Å². The Balaban J connectivity index is 1.78. The van der Waals surface area contributed by atoms with Gasteiger partial charge in [0.1, 0.15) is 11.2 Å². The summed E-state index contributed by atoms with van der Waals surface area (Å²) in [5, 5.41) is 5.51. The molecular formula is C32H26O7. The number of benzene rings is 5. The van der Waals surface area contributed by atoms with Gasteiger partial charge in [0.05, 0.1) is 22.3 Å². The van der Waals surface area contributed by atoms with Crippen LogP contribution in [0.5, 0.6) is 0 Å². The first-order valence-electron chi connectivity index (χ1n) is 12.7. The summed E-state index contributed by atoms with van der Waals surface area (Å²) in [4.78, 5) is 52.0. The molecule has 5 aromatic rings. The first-order chi connectivity index (χ1) is 18.2. The molecule has 0 N–H and O–H groups in total. The minimum atomic E-state index is -0.747. The van der Waals surface area contributed by atoms with Gasteiger partial charge in [0.25, 0.3) is 0 Å². The summed E-state index contributed by atoms with van der Waals surface area (Å²) in [6.45, 7) is 10.7. The van der Waals surface area contributed by atoms with Crippen molar-refractivity contribution in [3.63, 3.8) is 0 Å². The van der Waals surface area contributed by atoms with E-state index in [0.29, 0.717) is 27.3 Å². The van der Waals surface area contributed by atoms with Crippen molar-refractivity contribution in [2.24, 2.45) is 0 Å². The molecule has 0 bridgehead atoms. The van der Waals surface area contributed by atoms with E-state index in [1.165, 1.54) is 0 Å². The van der Waals surface area contributed by atoms with Crippen molar-refractivity contribution >= 4 is 67.0 Å². The van der Waals surface area contributed by atoms with Crippen LogP contribution in [0.3, 0.4) is 0 Å². The Hall–Kier alpha value is -4.52. The summed E-state index contributed by atoms with van der Waals surface area (Å²) in [6, 6.07) is 13.9. The Morgan fingerprint density at radius 2 is 0.897 bits per heavy atom. The number of rotatable bonds is 2. The Labute approximate surface area is 223 Å². The number of cyclic esters (lactones) is 2. The summed E-state index contributed by atoms with van der Waals surface area (Å²) >= 11 is 0. The van der Waals surface area contributed by atoms with Crippen molar-refractivity contribution in [2.45, 2.75) is 52.7 Å². The third-order valence-electron chi connectivity index (χ3n) is 6.76. The first-order valence-corrected chi connectivity index (χ1v) is 12.7. The predicted molar refractivity (Wildman–Crippen MR) is 148 cm³/mol. The van der Waals surface area contributed by atoms with E-state index in [1.807, 2.05) is 24.3 Å². The van der Waals surface area contributed by atoms with Crippen molar-refractivity contribution in [3.05, 3.63) is 70.8 Å². The third kappa shape index (κ3) is 3.80. The van der Waals surface area contributed by atoms with Gasteiger partial charge in [0, 0.05) is 10.8 Å². The molecule has 1 heterocycles. The molecule has 0 radical (unpaired) electrons. The van der Waals surface area contributed by atoms with E-state index < -0.39 is 35.1 Å². The summed E-state index contributed by atoms with van der Waals surface area (Å²) in [6.07, 6.45) is 0. The molecule has 7 nitrogen and oxygen atoms in total. The first kappa shape index (κ1) is 24.8. The van der Waals surface area contributed by atoms with E-state index in [1.54, 1.807) is 65.8 Å². The summed E-state index contributed by atoms with van der Waals surface area (Å²) in [5.74, 6) is -2.49. The quantitative estimate of drug-likeness (QED) is 0.0813. The fraction of sp³-hybridized carbons (Fsp3) is 0.250. The maximum atomic E-state index is 13.4. The summed E-state index contributed by atoms with van der Waals surface area (Å²) in [5.41, 5.74) is -0.356. The molecule has 0 aromatic heterocycles. The zero-order valence-corrected chi connectivity index (χ0v) is 22.5. The second kappa shape index (κ2) is 7.99. The molecule has 6 rings (SSSR count). The van der Waals surface area contributed by atoms with Gasteiger partial charge >= 0.3 is 23.9 Å². The average Bonchev–Trinajstić information content (AvgIpc) is 2.83. The van der Waals surface area contributed by atoms with Crippen molar-refractivity contribution in [1.82, 2.24) is 0 Å². The largest absolute Gasteiger partial charge is 0.456 e. The molecule has 0 atom stereocenters. The highest BCUT2D eigenvalue weighted by atomic mass is 16.6. The van der Waals surface area contributed by atoms with Crippen LogP contribution in [0, 0.1) is 0 Å². The van der Waals surface area contributed by atoms with Crippen LogP contribution in [0.2, 0.25) is 0 Å². The smallest absolute Gasteiger partial charge is 0.346 e. The van der Waals surface area contributed by atoms with Crippen LogP contribution in [0.1, 0.15) is 83.0 Å².